The summed E-state index contributed by atoms with van der Waals surface area (Å²) in [6.07, 6.45) is 0.966. The van der Waals surface area contributed by atoms with Crippen LogP contribution < -0.4 is 0 Å². The van der Waals surface area contributed by atoms with E-state index >= 15 is 0 Å². The van der Waals surface area contributed by atoms with E-state index in [1.165, 1.54) is 0 Å². The van der Waals surface area contributed by atoms with E-state index in [9.17, 15) is 4.79 Å². The fourth-order valence-electron chi connectivity index (χ4n) is 1.93. The van der Waals surface area contributed by atoms with E-state index in [2.05, 4.69) is 4.90 Å². The quantitative estimate of drug-likeness (QED) is 0.663. The van der Waals surface area contributed by atoms with Crippen LogP contribution in [0.2, 0.25) is 0 Å². The van der Waals surface area contributed by atoms with E-state index < -0.39 is 5.97 Å². The van der Waals surface area contributed by atoms with E-state index in [1.54, 1.807) is 26.4 Å². The van der Waals surface area contributed by atoms with Crippen molar-refractivity contribution in [2.75, 3.05) is 40.5 Å². The Morgan fingerprint density at radius 2 is 1.75 bits per heavy atom. The number of ether oxygens (including phenoxy) is 2. The molecule has 0 aliphatic rings. The molecule has 0 heterocycles. The lowest BCUT2D eigenvalue weighted by Gasteiger charge is -2.22. The van der Waals surface area contributed by atoms with Crippen molar-refractivity contribution >= 4 is 5.97 Å². The van der Waals surface area contributed by atoms with Gasteiger partial charge in [0.05, 0.1) is 12.2 Å². The predicted molar refractivity (Wildman–Crippen MR) is 77.0 cm³/mol. The number of benzene rings is 1. The molecule has 0 unspecified atom stereocenters. The number of hydrogen-bond acceptors (Lipinski definition) is 4. The van der Waals surface area contributed by atoms with Crippen LogP contribution in [-0.2, 0) is 16.0 Å². The van der Waals surface area contributed by atoms with Crippen molar-refractivity contribution < 1.29 is 19.4 Å². The summed E-state index contributed by atoms with van der Waals surface area (Å²) in [5.74, 6) is -0.895. The molecule has 5 heteroatoms. The van der Waals surface area contributed by atoms with Crippen LogP contribution in [0.3, 0.4) is 0 Å². The molecule has 20 heavy (non-hydrogen) atoms. The lowest BCUT2D eigenvalue weighted by atomic mass is 10.1. The predicted octanol–water partition coefficient (Wildman–Crippen LogP) is 1.87. The van der Waals surface area contributed by atoms with Gasteiger partial charge in [0.15, 0.2) is 0 Å². The van der Waals surface area contributed by atoms with E-state index in [-0.39, 0.29) is 0 Å². The van der Waals surface area contributed by atoms with Gasteiger partial charge in [0, 0.05) is 40.5 Å². The first-order valence-electron chi connectivity index (χ1n) is 6.70. The molecule has 0 saturated heterocycles. The second kappa shape index (κ2) is 9.47. The second-order valence-electron chi connectivity index (χ2n) is 4.62. The standard InChI is InChI=1S/C15H23NO4/c1-19-10-3-8-16(9-11-20-2)12-13-4-6-14(7-5-13)15(17)18/h4-7H,3,8-12H2,1-2H3,(H,17,18). The molecule has 1 N–H and O–H groups in total. The summed E-state index contributed by atoms with van der Waals surface area (Å²) in [7, 11) is 3.39. The van der Waals surface area contributed by atoms with Crippen LogP contribution in [0.15, 0.2) is 24.3 Å². The van der Waals surface area contributed by atoms with Gasteiger partial charge in [-0.1, -0.05) is 12.1 Å². The second-order valence-corrected chi connectivity index (χ2v) is 4.62. The molecule has 0 radical (unpaired) electrons. The van der Waals surface area contributed by atoms with Crippen molar-refractivity contribution in [3.05, 3.63) is 35.4 Å². The summed E-state index contributed by atoms with van der Waals surface area (Å²) < 4.78 is 10.2. The van der Waals surface area contributed by atoms with Gasteiger partial charge in [0.2, 0.25) is 0 Å². The van der Waals surface area contributed by atoms with E-state index in [1.807, 2.05) is 12.1 Å². The van der Waals surface area contributed by atoms with Crippen LogP contribution in [-0.4, -0.2) is 56.5 Å². The number of carboxylic acid groups (broad SMARTS) is 1. The van der Waals surface area contributed by atoms with Gasteiger partial charge >= 0.3 is 5.97 Å². The first-order chi connectivity index (χ1) is 9.67. The molecule has 0 bridgehead atoms. The van der Waals surface area contributed by atoms with E-state index in [4.69, 9.17) is 14.6 Å². The van der Waals surface area contributed by atoms with Gasteiger partial charge in [0.1, 0.15) is 0 Å². The average Bonchev–Trinajstić information content (AvgIpc) is 2.45. The molecule has 0 aliphatic heterocycles. The van der Waals surface area contributed by atoms with E-state index in [0.29, 0.717) is 12.2 Å². The number of carbonyl (C=O) groups is 1. The van der Waals surface area contributed by atoms with Crippen LogP contribution in [0.1, 0.15) is 22.3 Å². The Morgan fingerprint density at radius 3 is 2.30 bits per heavy atom. The first kappa shape index (κ1) is 16.6. The third-order valence-electron chi connectivity index (χ3n) is 3.04. The summed E-state index contributed by atoms with van der Waals surface area (Å²) >= 11 is 0. The summed E-state index contributed by atoms with van der Waals surface area (Å²) in [6.45, 7) is 3.98. The Kier molecular flexibility index (Phi) is 7.87. The number of aromatic carboxylic acids is 1. The Balaban J connectivity index is 2.55. The first-order valence-corrected chi connectivity index (χ1v) is 6.70. The van der Waals surface area contributed by atoms with Crippen molar-refractivity contribution in [2.45, 2.75) is 13.0 Å². The average molecular weight is 281 g/mol. The van der Waals surface area contributed by atoms with Crippen molar-refractivity contribution in [1.29, 1.82) is 0 Å². The number of methoxy groups -OCH3 is 2. The van der Waals surface area contributed by atoms with Gasteiger partial charge in [-0.15, -0.1) is 0 Å². The third-order valence-corrected chi connectivity index (χ3v) is 3.04. The fraction of sp³-hybridized carbons (Fsp3) is 0.533. The smallest absolute Gasteiger partial charge is 0.335 e. The van der Waals surface area contributed by atoms with Gasteiger partial charge < -0.3 is 14.6 Å². The summed E-state index contributed by atoms with van der Waals surface area (Å²) in [4.78, 5) is 13.1. The van der Waals surface area contributed by atoms with Crippen molar-refractivity contribution in [1.82, 2.24) is 4.90 Å². The molecular formula is C15H23NO4. The van der Waals surface area contributed by atoms with Crippen molar-refractivity contribution in [2.24, 2.45) is 0 Å². The Labute approximate surface area is 120 Å². The third kappa shape index (κ3) is 6.14. The van der Waals surface area contributed by atoms with Crippen LogP contribution in [0, 0.1) is 0 Å². The van der Waals surface area contributed by atoms with Gasteiger partial charge in [-0.2, -0.15) is 0 Å². The highest BCUT2D eigenvalue weighted by atomic mass is 16.5. The monoisotopic (exact) mass is 281 g/mol. The molecule has 0 amide bonds. The normalized spacial score (nSPS) is 10.9. The molecule has 0 aromatic heterocycles. The molecule has 1 aromatic rings. The Hall–Kier alpha value is -1.43. The van der Waals surface area contributed by atoms with Crippen LogP contribution in [0.4, 0.5) is 0 Å². The van der Waals surface area contributed by atoms with Gasteiger partial charge in [-0.25, -0.2) is 4.79 Å². The summed E-state index contributed by atoms with van der Waals surface area (Å²) in [5.41, 5.74) is 1.42. The molecular weight excluding hydrogens is 258 g/mol. The van der Waals surface area contributed by atoms with Crippen LogP contribution in [0.25, 0.3) is 0 Å². The highest BCUT2D eigenvalue weighted by Gasteiger charge is 2.07. The van der Waals surface area contributed by atoms with Crippen molar-refractivity contribution in [3.63, 3.8) is 0 Å². The minimum absolute atomic E-state index is 0.316. The maximum Gasteiger partial charge on any atom is 0.335 e. The molecule has 0 spiro atoms. The zero-order chi connectivity index (χ0) is 14.8. The lowest BCUT2D eigenvalue weighted by molar-refractivity contribution is 0.0697. The minimum Gasteiger partial charge on any atom is -0.478 e. The summed E-state index contributed by atoms with van der Waals surface area (Å²) in [6, 6.07) is 7.00. The number of nitrogens with zero attached hydrogens (tertiary/aromatic N) is 1. The van der Waals surface area contributed by atoms with Crippen LogP contribution in [0.5, 0.6) is 0 Å². The Bertz CT molecular complexity index is 391. The molecule has 0 saturated carbocycles. The molecule has 1 aromatic carbocycles. The largest absolute Gasteiger partial charge is 0.478 e. The van der Waals surface area contributed by atoms with E-state index in [0.717, 1.165) is 38.2 Å². The number of rotatable bonds is 10. The molecule has 5 nitrogen and oxygen atoms in total. The number of carboxylic acids is 1. The molecule has 0 fully saturated rings. The van der Waals surface area contributed by atoms with Crippen LogP contribution >= 0.6 is 0 Å². The fourth-order valence-corrected chi connectivity index (χ4v) is 1.93. The zero-order valence-electron chi connectivity index (χ0n) is 12.2. The molecule has 112 valence electrons. The lowest BCUT2D eigenvalue weighted by Crippen LogP contribution is -2.28. The Morgan fingerprint density at radius 1 is 1.10 bits per heavy atom. The molecule has 0 atom stereocenters. The van der Waals surface area contributed by atoms with Crippen molar-refractivity contribution in [3.8, 4) is 0 Å². The minimum atomic E-state index is -0.895. The molecule has 1 rings (SSSR count). The zero-order valence-corrected chi connectivity index (χ0v) is 12.2. The maximum atomic E-state index is 10.8. The SMILES string of the molecule is COCCCN(CCOC)Cc1ccc(C(=O)O)cc1. The van der Waals surface area contributed by atoms with Gasteiger partial charge in [0.25, 0.3) is 0 Å². The highest BCUT2D eigenvalue weighted by Crippen LogP contribution is 2.08. The summed E-state index contributed by atoms with van der Waals surface area (Å²) in [5, 5.41) is 8.88. The van der Waals surface area contributed by atoms with Gasteiger partial charge in [-0.05, 0) is 24.1 Å². The van der Waals surface area contributed by atoms with Gasteiger partial charge in [-0.3, -0.25) is 4.90 Å². The highest BCUT2D eigenvalue weighted by molar-refractivity contribution is 5.87. The topological polar surface area (TPSA) is 59.0 Å². The number of hydrogen-bond donors (Lipinski definition) is 1. The maximum absolute atomic E-state index is 10.8. The molecule has 0 aliphatic carbocycles.